The van der Waals surface area contributed by atoms with Crippen molar-refractivity contribution in [2.24, 2.45) is 5.92 Å². The van der Waals surface area contributed by atoms with Gasteiger partial charge in [-0.15, -0.1) is 0 Å². The fourth-order valence-corrected chi connectivity index (χ4v) is 1.67. The Bertz CT molecular complexity index is 240. The second-order valence-electron chi connectivity index (χ2n) is 4.13. The van der Waals surface area contributed by atoms with Crippen LogP contribution in [0.5, 0.6) is 0 Å². The van der Waals surface area contributed by atoms with Crippen molar-refractivity contribution in [3.8, 4) is 0 Å². The van der Waals surface area contributed by atoms with Crippen LogP contribution in [0.1, 0.15) is 33.1 Å². The zero-order valence-corrected chi connectivity index (χ0v) is 9.41. The summed E-state index contributed by atoms with van der Waals surface area (Å²) in [6, 6.07) is 0. The van der Waals surface area contributed by atoms with Crippen LogP contribution in [0.2, 0.25) is 0 Å². The van der Waals surface area contributed by atoms with Gasteiger partial charge in [-0.25, -0.2) is 0 Å². The first-order chi connectivity index (χ1) is 7.09. The highest BCUT2D eigenvalue weighted by Gasteiger charge is 2.24. The molecule has 1 aliphatic heterocycles. The molecule has 0 saturated carbocycles. The number of hydrogen-bond acceptors (Lipinski definition) is 3. The van der Waals surface area contributed by atoms with E-state index in [0.29, 0.717) is 25.3 Å². The summed E-state index contributed by atoms with van der Waals surface area (Å²) in [6.07, 6.45) is 1.88. The Morgan fingerprint density at radius 1 is 1.40 bits per heavy atom. The Kier molecular flexibility index (Phi) is 4.75. The summed E-state index contributed by atoms with van der Waals surface area (Å²) in [4.78, 5) is 22.0. The minimum absolute atomic E-state index is 0.0377. The van der Waals surface area contributed by atoms with Gasteiger partial charge in [-0.05, 0) is 20.3 Å². The number of Topliss-reactive ketones (excluding diaryl/α,β-unsaturated/α-hetero) is 1. The highest BCUT2D eigenvalue weighted by atomic mass is 16.5. The SMILES string of the molecule is CC(=O)CCC(=O)NCC1CCOC1C. The molecule has 1 rings (SSSR count). The average molecular weight is 213 g/mol. The molecule has 0 aromatic carbocycles. The fourth-order valence-electron chi connectivity index (χ4n) is 1.67. The number of carbonyl (C=O) groups excluding carboxylic acids is 2. The first-order valence-electron chi connectivity index (χ1n) is 5.47. The van der Waals surface area contributed by atoms with Gasteiger partial charge >= 0.3 is 0 Å². The van der Waals surface area contributed by atoms with Gasteiger partial charge in [-0.3, -0.25) is 4.79 Å². The van der Waals surface area contributed by atoms with Crippen molar-refractivity contribution in [2.45, 2.75) is 39.2 Å². The van der Waals surface area contributed by atoms with Crippen LogP contribution in [0.3, 0.4) is 0 Å². The predicted molar refractivity (Wildman–Crippen MR) is 56.4 cm³/mol. The molecule has 1 fully saturated rings. The molecule has 2 unspecified atom stereocenters. The Morgan fingerprint density at radius 3 is 2.67 bits per heavy atom. The molecule has 1 saturated heterocycles. The average Bonchev–Trinajstić information content (AvgIpc) is 2.58. The van der Waals surface area contributed by atoms with E-state index in [9.17, 15) is 9.59 Å². The first kappa shape index (κ1) is 12.2. The highest BCUT2D eigenvalue weighted by molar-refractivity contribution is 5.83. The molecule has 1 amide bonds. The van der Waals surface area contributed by atoms with Crippen LogP contribution in [-0.2, 0) is 14.3 Å². The van der Waals surface area contributed by atoms with E-state index in [-0.39, 0.29) is 17.8 Å². The van der Waals surface area contributed by atoms with Gasteiger partial charge < -0.3 is 14.8 Å². The quantitative estimate of drug-likeness (QED) is 0.738. The highest BCUT2D eigenvalue weighted by Crippen LogP contribution is 2.19. The lowest BCUT2D eigenvalue weighted by Crippen LogP contribution is -2.32. The largest absolute Gasteiger partial charge is 0.378 e. The van der Waals surface area contributed by atoms with Crippen LogP contribution in [-0.4, -0.2) is 30.9 Å². The Hall–Kier alpha value is -0.900. The van der Waals surface area contributed by atoms with Crippen molar-refractivity contribution in [3.05, 3.63) is 0 Å². The molecule has 0 aliphatic carbocycles. The van der Waals surface area contributed by atoms with E-state index in [1.807, 2.05) is 6.92 Å². The second kappa shape index (κ2) is 5.85. The zero-order chi connectivity index (χ0) is 11.3. The molecule has 4 heteroatoms. The number of rotatable bonds is 5. The lowest BCUT2D eigenvalue weighted by atomic mass is 10.0. The number of hydrogen-bond donors (Lipinski definition) is 1. The maximum absolute atomic E-state index is 11.3. The van der Waals surface area contributed by atoms with Crippen LogP contribution in [0, 0.1) is 5.92 Å². The minimum Gasteiger partial charge on any atom is -0.378 e. The topological polar surface area (TPSA) is 55.4 Å². The van der Waals surface area contributed by atoms with Crippen molar-refractivity contribution >= 4 is 11.7 Å². The molecule has 1 aliphatic rings. The normalized spacial score (nSPS) is 25.2. The van der Waals surface area contributed by atoms with Crippen molar-refractivity contribution in [3.63, 3.8) is 0 Å². The lowest BCUT2D eigenvalue weighted by Gasteiger charge is -2.14. The van der Waals surface area contributed by atoms with E-state index < -0.39 is 0 Å². The molecule has 0 spiro atoms. The smallest absolute Gasteiger partial charge is 0.220 e. The number of carbonyl (C=O) groups is 2. The third-order valence-electron chi connectivity index (χ3n) is 2.80. The Morgan fingerprint density at radius 2 is 2.13 bits per heavy atom. The van der Waals surface area contributed by atoms with Crippen LogP contribution >= 0.6 is 0 Å². The maximum Gasteiger partial charge on any atom is 0.220 e. The molecule has 15 heavy (non-hydrogen) atoms. The second-order valence-corrected chi connectivity index (χ2v) is 4.13. The predicted octanol–water partition coefficient (Wildman–Crippen LogP) is 0.897. The van der Waals surface area contributed by atoms with Gasteiger partial charge in [0.05, 0.1) is 6.10 Å². The summed E-state index contributed by atoms with van der Waals surface area (Å²) in [6.45, 7) is 4.98. The lowest BCUT2D eigenvalue weighted by molar-refractivity contribution is -0.124. The summed E-state index contributed by atoms with van der Waals surface area (Å²) in [5.41, 5.74) is 0. The summed E-state index contributed by atoms with van der Waals surface area (Å²) < 4.78 is 5.39. The van der Waals surface area contributed by atoms with Crippen molar-refractivity contribution in [2.75, 3.05) is 13.2 Å². The number of ketones is 1. The Balaban J connectivity index is 2.13. The zero-order valence-electron chi connectivity index (χ0n) is 9.41. The molecule has 2 atom stereocenters. The van der Waals surface area contributed by atoms with Crippen LogP contribution in [0.4, 0.5) is 0 Å². The van der Waals surface area contributed by atoms with Crippen LogP contribution < -0.4 is 5.32 Å². The van der Waals surface area contributed by atoms with Gasteiger partial charge in [-0.2, -0.15) is 0 Å². The summed E-state index contributed by atoms with van der Waals surface area (Å²) in [5, 5.41) is 2.84. The molecule has 4 nitrogen and oxygen atoms in total. The Labute approximate surface area is 90.4 Å². The summed E-state index contributed by atoms with van der Waals surface area (Å²) in [5.74, 6) is 0.443. The van der Waals surface area contributed by atoms with Gasteiger partial charge in [0.25, 0.3) is 0 Å². The van der Waals surface area contributed by atoms with Crippen LogP contribution in [0.25, 0.3) is 0 Å². The third kappa shape index (κ3) is 4.42. The molecule has 0 radical (unpaired) electrons. The number of ether oxygens (including phenoxy) is 1. The molecule has 1 heterocycles. The van der Waals surface area contributed by atoms with Crippen molar-refractivity contribution in [1.82, 2.24) is 5.32 Å². The molecule has 0 bridgehead atoms. The number of amides is 1. The molecular weight excluding hydrogens is 194 g/mol. The van der Waals surface area contributed by atoms with E-state index in [1.54, 1.807) is 0 Å². The van der Waals surface area contributed by atoms with E-state index >= 15 is 0 Å². The standard InChI is InChI=1S/C11H19NO3/c1-8(13)3-4-11(14)12-7-10-5-6-15-9(10)2/h9-10H,3-7H2,1-2H3,(H,12,14). The van der Waals surface area contributed by atoms with E-state index in [1.165, 1.54) is 6.92 Å². The van der Waals surface area contributed by atoms with Gasteiger partial charge in [0.2, 0.25) is 5.91 Å². The summed E-state index contributed by atoms with van der Waals surface area (Å²) >= 11 is 0. The van der Waals surface area contributed by atoms with E-state index in [2.05, 4.69) is 5.32 Å². The molecule has 86 valence electrons. The van der Waals surface area contributed by atoms with Gasteiger partial charge in [-0.1, -0.05) is 0 Å². The molecule has 1 N–H and O–H groups in total. The van der Waals surface area contributed by atoms with E-state index in [0.717, 1.165) is 13.0 Å². The maximum atomic E-state index is 11.3. The first-order valence-corrected chi connectivity index (χ1v) is 5.47. The molecular formula is C11H19NO3. The van der Waals surface area contributed by atoms with Gasteiger partial charge in [0, 0.05) is 31.9 Å². The van der Waals surface area contributed by atoms with E-state index in [4.69, 9.17) is 4.74 Å². The van der Waals surface area contributed by atoms with Crippen molar-refractivity contribution in [1.29, 1.82) is 0 Å². The summed E-state index contributed by atoms with van der Waals surface area (Å²) in [7, 11) is 0. The fraction of sp³-hybridized carbons (Fsp3) is 0.818. The van der Waals surface area contributed by atoms with Crippen LogP contribution in [0.15, 0.2) is 0 Å². The minimum atomic E-state index is -0.0377. The monoisotopic (exact) mass is 213 g/mol. The molecule has 0 aromatic rings. The van der Waals surface area contributed by atoms with Gasteiger partial charge in [0.1, 0.15) is 5.78 Å². The number of nitrogens with one attached hydrogen (secondary N) is 1. The van der Waals surface area contributed by atoms with Crippen molar-refractivity contribution < 1.29 is 14.3 Å². The molecule has 0 aromatic heterocycles. The van der Waals surface area contributed by atoms with Gasteiger partial charge in [0.15, 0.2) is 0 Å². The third-order valence-corrected chi connectivity index (χ3v) is 2.80.